The van der Waals surface area contributed by atoms with E-state index >= 15 is 0 Å². The molecule has 2 aromatic carbocycles. The molecule has 0 unspecified atom stereocenters. The molecule has 1 amide bonds. The van der Waals surface area contributed by atoms with Gasteiger partial charge in [-0.2, -0.15) is 0 Å². The summed E-state index contributed by atoms with van der Waals surface area (Å²) in [5, 5.41) is 13.5. The van der Waals surface area contributed by atoms with Gasteiger partial charge in [-0.1, -0.05) is 30.3 Å². The van der Waals surface area contributed by atoms with E-state index in [1.165, 1.54) is 17.7 Å². The fourth-order valence-electron chi connectivity index (χ4n) is 2.50. The molecule has 6 heteroatoms. The second-order valence-electron chi connectivity index (χ2n) is 5.27. The van der Waals surface area contributed by atoms with Gasteiger partial charge in [-0.3, -0.25) is 14.9 Å². The van der Waals surface area contributed by atoms with Crippen molar-refractivity contribution in [3.63, 3.8) is 0 Å². The molecular weight excluding hydrogens is 348 g/mol. The Morgan fingerprint density at radius 1 is 1.23 bits per heavy atom. The first-order valence-corrected chi connectivity index (χ1v) is 7.65. The molecule has 0 heterocycles. The summed E-state index contributed by atoms with van der Waals surface area (Å²) in [6.45, 7) is 0. The minimum atomic E-state index is -0.470. The summed E-state index contributed by atoms with van der Waals surface area (Å²) < 4.78 is 0.506. The number of hydrogen-bond donors (Lipinski definition) is 1. The molecule has 2 atom stereocenters. The highest BCUT2D eigenvalue weighted by Crippen LogP contribution is 2.48. The number of nitro groups is 1. The van der Waals surface area contributed by atoms with Gasteiger partial charge in [-0.05, 0) is 39.9 Å². The molecule has 0 aromatic heterocycles. The Labute approximate surface area is 135 Å². The van der Waals surface area contributed by atoms with E-state index in [4.69, 9.17) is 0 Å². The summed E-state index contributed by atoms with van der Waals surface area (Å²) in [6.07, 6.45) is 0.834. The van der Waals surface area contributed by atoms with Crippen molar-refractivity contribution < 1.29 is 9.72 Å². The molecule has 0 bridgehead atoms. The number of halogens is 1. The quantitative estimate of drug-likeness (QED) is 0.658. The molecule has 1 aliphatic carbocycles. The highest BCUT2D eigenvalue weighted by atomic mass is 79.9. The summed E-state index contributed by atoms with van der Waals surface area (Å²) in [5.74, 6) is 0.172. The maximum atomic E-state index is 12.3. The van der Waals surface area contributed by atoms with E-state index in [0.717, 1.165) is 6.42 Å². The van der Waals surface area contributed by atoms with Crippen LogP contribution in [0.4, 0.5) is 11.4 Å². The Kier molecular flexibility index (Phi) is 3.94. The first kappa shape index (κ1) is 14.7. The summed E-state index contributed by atoms with van der Waals surface area (Å²) in [5.41, 5.74) is 1.71. The number of carbonyl (C=O) groups excluding carboxylic acids is 1. The predicted octanol–water partition coefficient (Wildman–Crippen LogP) is 4.10. The van der Waals surface area contributed by atoms with Gasteiger partial charge >= 0.3 is 0 Å². The number of amides is 1. The Morgan fingerprint density at radius 3 is 2.59 bits per heavy atom. The number of non-ortho nitro benzene ring substituents is 1. The number of nitro benzene ring substituents is 1. The number of nitrogens with one attached hydrogen (secondary N) is 1. The van der Waals surface area contributed by atoms with Crippen LogP contribution in [-0.4, -0.2) is 10.8 Å². The average Bonchev–Trinajstić information content (AvgIpc) is 3.30. The summed E-state index contributed by atoms with van der Waals surface area (Å²) >= 11 is 3.25. The number of carbonyl (C=O) groups is 1. The maximum absolute atomic E-state index is 12.3. The number of hydrogen-bond acceptors (Lipinski definition) is 3. The Hall–Kier alpha value is -2.21. The maximum Gasteiger partial charge on any atom is 0.270 e. The van der Waals surface area contributed by atoms with Crippen LogP contribution in [0.2, 0.25) is 0 Å². The van der Waals surface area contributed by atoms with Gasteiger partial charge in [0.15, 0.2) is 0 Å². The van der Waals surface area contributed by atoms with E-state index in [2.05, 4.69) is 21.2 Å². The number of benzene rings is 2. The zero-order chi connectivity index (χ0) is 15.7. The highest BCUT2D eigenvalue weighted by molar-refractivity contribution is 9.10. The van der Waals surface area contributed by atoms with Crippen molar-refractivity contribution in [3.05, 3.63) is 68.7 Å². The number of nitrogens with zero attached hydrogens (tertiary/aromatic N) is 1. The van der Waals surface area contributed by atoms with Crippen molar-refractivity contribution >= 4 is 33.2 Å². The van der Waals surface area contributed by atoms with E-state index in [1.54, 1.807) is 6.07 Å². The molecular formula is C16H13BrN2O3. The van der Waals surface area contributed by atoms with Crippen LogP contribution in [0.15, 0.2) is 53.0 Å². The molecule has 0 spiro atoms. The third kappa shape index (κ3) is 3.01. The highest BCUT2D eigenvalue weighted by Gasteiger charge is 2.43. The molecule has 112 valence electrons. The molecule has 22 heavy (non-hydrogen) atoms. The zero-order valence-electron chi connectivity index (χ0n) is 11.5. The molecule has 0 aliphatic heterocycles. The van der Waals surface area contributed by atoms with Crippen molar-refractivity contribution in [3.8, 4) is 0 Å². The van der Waals surface area contributed by atoms with Gasteiger partial charge in [0, 0.05) is 22.5 Å². The topological polar surface area (TPSA) is 72.2 Å². The molecule has 0 radical (unpaired) electrons. The summed E-state index contributed by atoms with van der Waals surface area (Å²) in [6, 6.07) is 14.2. The first-order valence-electron chi connectivity index (χ1n) is 6.86. The lowest BCUT2D eigenvalue weighted by atomic mass is 10.1. The minimum Gasteiger partial charge on any atom is -0.325 e. The van der Waals surface area contributed by atoms with Crippen LogP contribution in [-0.2, 0) is 4.79 Å². The fourth-order valence-corrected chi connectivity index (χ4v) is 2.96. The lowest BCUT2D eigenvalue weighted by Crippen LogP contribution is -2.15. The first-order chi connectivity index (χ1) is 10.6. The van der Waals surface area contributed by atoms with E-state index in [1.807, 2.05) is 30.3 Å². The van der Waals surface area contributed by atoms with Crippen molar-refractivity contribution in [2.45, 2.75) is 12.3 Å². The third-order valence-corrected chi connectivity index (χ3v) is 4.43. The molecule has 0 saturated heterocycles. The monoisotopic (exact) mass is 360 g/mol. The van der Waals surface area contributed by atoms with Crippen LogP contribution in [0, 0.1) is 16.0 Å². The molecule has 5 nitrogen and oxygen atoms in total. The zero-order valence-corrected chi connectivity index (χ0v) is 13.1. The Balaban J connectivity index is 1.67. The van der Waals surface area contributed by atoms with E-state index in [-0.39, 0.29) is 23.4 Å². The van der Waals surface area contributed by atoms with E-state index < -0.39 is 4.92 Å². The standard InChI is InChI=1S/C16H13BrN2O3/c17-14-8-11(19(21)22)6-7-15(14)18-16(20)13-9-12(13)10-4-2-1-3-5-10/h1-8,12-13H,9H2,(H,18,20)/t12-,13-/m1/s1. The molecule has 1 saturated carbocycles. The number of rotatable bonds is 4. The second kappa shape index (κ2) is 5.88. The SMILES string of the molecule is O=C(Nc1ccc([N+](=O)[O-])cc1Br)[C@@H]1C[C@@H]1c1ccccc1. The molecule has 1 N–H and O–H groups in total. The van der Waals surface area contributed by atoms with Crippen molar-refractivity contribution in [2.75, 3.05) is 5.32 Å². The van der Waals surface area contributed by atoms with Gasteiger partial charge in [0.1, 0.15) is 0 Å². The largest absolute Gasteiger partial charge is 0.325 e. The molecule has 3 rings (SSSR count). The van der Waals surface area contributed by atoms with Crippen LogP contribution in [0.3, 0.4) is 0 Å². The third-order valence-electron chi connectivity index (χ3n) is 3.78. The van der Waals surface area contributed by atoms with Crippen LogP contribution in [0.5, 0.6) is 0 Å². The van der Waals surface area contributed by atoms with Crippen LogP contribution in [0.1, 0.15) is 17.9 Å². The molecule has 1 fully saturated rings. The van der Waals surface area contributed by atoms with Crippen molar-refractivity contribution in [1.82, 2.24) is 0 Å². The minimum absolute atomic E-state index is 0.0153. The Morgan fingerprint density at radius 2 is 1.95 bits per heavy atom. The number of anilines is 1. The Bertz CT molecular complexity index is 733. The van der Waals surface area contributed by atoms with Crippen LogP contribution < -0.4 is 5.32 Å². The molecule has 2 aromatic rings. The average molecular weight is 361 g/mol. The van der Waals surface area contributed by atoms with Gasteiger partial charge in [-0.15, -0.1) is 0 Å². The smallest absolute Gasteiger partial charge is 0.270 e. The van der Waals surface area contributed by atoms with Gasteiger partial charge in [0.05, 0.1) is 10.6 Å². The van der Waals surface area contributed by atoms with Crippen LogP contribution in [0.25, 0.3) is 0 Å². The van der Waals surface area contributed by atoms with Gasteiger partial charge < -0.3 is 5.32 Å². The van der Waals surface area contributed by atoms with E-state index in [0.29, 0.717) is 10.2 Å². The lowest BCUT2D eigenvalue weighted by Gasteiger charge is -2.07. The summed E-state index contributed by atoms with van der Waals surface area (Å²) in [4.78, 5) is 22.5. The normalized spacial score (nSPS) is 19.5. The summed E-state index contributed by atoms with van der Waals surface area (Å²) in [7, 11) is 0. The van der Waals surface area contributed by atoms with Crippen molar-refractivity contribution in [2.24, 2.45) is 5.92 Å². The fraction of sp³-hybridized carbons (Fsp3) is 0.188. The van der Waals surface area contributed by atoms with Crippen molar-refractivity contribution in [1.29, 1.82) is 0 Å². The lowest BCUT2D eigenvalue weighted by molar-refractivity contribution is -0.384. The van der Waals surface area contributed by atoms with Gasteiger partial charge in [0.25, 0.3) is 5.69 Å². The van der Waals surface area contributed by atoms with E-state index in [9.17, 15) is 14.9 Å². The predicted molar refractivity (Wildman–Crippen MR) is 86.7 cm³/mol. The van der Waals surface area contributed by atoms with Crippen LogP contribution >= 0.6 is 15.9 Å². The van der Waals surface area contributed by atoms with Gasteiger partial charge in [-0.25, -0.2) is 0 Å². The van der Waals surface area contributed by atoms with Gasteiger partial charge in [0.2, 0.25) is 5.91 Å². The second-order valence-corrected chi connectivity index (χ2v) is 6.12. The molecule has 1 aliphatic rings.